The minimum Gasteiger partial charge on any atom is -0.496 e. The molecule has 3 aromatic carbocycles. The molecular formula is C30H25N5O. The Bertz CT molecular complexity index is 1500. The van der Waals surface area contributed by atoms with Crippen LogP contribution in [0.3, 0.4) is 0 Å². The fourth-order valence-corrected chi connectivity index (χ4v) is 5.80. The van der Waals surface area contributed by atoms with Gasteiger partial charge in [-0.05, 0) is 28.2 Å². The summed E-state index contributed by atoms with van der Waals surface area (Å²) in [6.07, 6.45) is 2.04. The third kappa shape index (κ3) is 3.50. The van der Waals surface area contributed by atoms with Crippen molar-refractivity contribution in [1.29, 1.82) is 15.8 Å². The first kappa shape index (κ1) is 23.2. The van der Waals surface area contributed by atoms with Crippen molar-refractivity contribution < 1.29 is 4.74 Å². The number of ether oxygens (including phenoxy) is 1. The van der Waals surface area contributed by atoms with Gasteiger partial charge in [-0.3, -0.25) is 4.90 Å². The Labute approximate surface area is 210 Å². The van der Waals surface area contributed by atoms with Gasteiger partial charge < -0.3 is 10.5 Å². The van der Waals surface area contributed by atoms with Crippen LogP contribution in [0.1, 0.15) is 17.0 Å². The lowest BCUT2D eigenvalue weighted by atomic mass is 9.57. The van der Waals surface area contributed by atoms with Crippen molar-refractivity contribution in [2.75, 3.05) is 20.2 Å². The van der Waals surface area contributed by atoms with E-state index in [1.807, 2.05) is 60.7 Å². The lowest BCUT2D eigenvalue weighted by Gasteiger charge is -2.46. The minimum atomic E-state index is -1.68. The molecule has 0 radical (unpaired) electrons. The van der Waals surface area contributed by atoms with Gasteiger partial charge in [0.05, 0.1) is 30.5 Å². The number of nitrogens with zero attached hydrogens (tertiary/aromatic N) is 4. The van der Waals surface area contributed by atoms with E-state index in [2.05, 4.69) is 35.2 Å². The third-order valence-corrected chi connectivity index (χ3v) is 7.46. The van der Waals surface area contributed by atoms with Gasteiger partial charge in [0.1, 0.15) is 11.8 Å². The standard InChI is InChI=1S/C30H25N5O/c1-36-27-12-11-24(21-9-5-6-10-23(21)27)28-26-17-35(16-20-7-3-2-4-8-20)14-13-22(26)25(15-31)29(34)30(28,18-32)19-33/h2-13,26,28H,14,16-17,34H2,1H3/t26-,28-/m1/s1. The molecule has 0 unspecified atom stereocenters. The van der Waals surface area contributed by atoms with E-state index >= 15 is 0 Å². The average Bonchev–Trinajstić information content (AvgIpc) is 2.93. The maximum atomic E-state index is 10.5. The maximum absolute atomic E-state index is 10.5. The van der Waals surface area contributed by atoms with Gasteiger partial charge >= 0.3 is 0 Å². The zero-order valence-electron chi connectivity index (χ0n) is 20.0. The summed E-state index contributed by atoms with van der Waals surface area (Å²) in [5.41, 5.74) is 7.99. The number of rotatable bonds is 4. The quantitative estimate of drug-likeness (QED) is 0.587. The van der Waals surface area contributed by atoms with Crippen molar-refractivity contribution in [3.8, 4) is 24.0 Å². The summed E-state index contributed by atoms with van der Waals surface area (Å²) in [4.78, 5) is 2.29. The lowest BCUT2D eigenvalue weighted by molar-refractivity contribution is 0.201. The highest BCUT2D eigenvalue weighted by Gasteiger charge is 2.54. The molecule has 6 heteroatoms. The monoisotopic (exact) mass is 471 g/mol. The molecule has 0 aromatic heterocycles. The van der Waals surface area contributed by atoms with Crippen LogP contribution >= 0.6 is 0 Å². The predicted molar refractivity (Wildman–Crippen MR) is 137 cm³/mol. The fourth-order valence-electron chi connectivity index (χ4n) is 5.80. The van der Waals surface area contributed by atoms with Crippen molar-refractivity contribution >= 4 is 10.8 Å². The third-order valence-electron chi connectivity index (χ3n) is 7.46. The number of nitrogens with two attached hydrogens (primary N) is 1. The first-order valence-electron chi connectivity index (χ1n) is 11.8. The van der Waals surface area contributed by atoms with Crippen LogP contribution in [0.4, 0.5) is 0 Å². The van der Waals surface area contributed by atoms with Gasteiger partial charge in [0, 0.05) is 36.9 Å². The van der Waals surface area contributed by atoms with Gasteiger partial charge in [-0.2, -0.15) is 15.8 Å². The summed E-state index contributed by atoms with van der Waals surface area (Å²) in [5.74, 6) is -0.109. The minimum absolute atomic E-state index is 0.0407. The average molecular weight is 472 g/mol. The summed E-state index contributed by atoms with van der Waals surface area (Å²) >= 11 is 0. The fraction of sp³-hybridized carbons (Fsp3) is 0.233. The van der Waals surface area contributed by atoms with Crippen molar-refractivity contribution in [3.63, 3.8) is 0 Å². The Morgan fingerprint density at radius 2 is 1.67 bits per heavy atom. The van der Waals surface area contributed by atoms with Crippen LogP contribution in [-0.2, 0) is 6.54 Å². The van der Waals surface area contributed by atoms with E-state index in [-0.39, 0.29) is 17.2 Å². The Morgan fingerprint density at radius 1 is 0.972 bits per heavy atom. The van der Waals surface area contributed by atoms with Crippen molar-refractivity contribution in [2.45, 2.75) is 12.5 Å². The molecule has 1 aliphatic carbocycles. The van der Waals surface area contributed by atoms with E-state index in [0.717, 1.165) is 34.2 Å². The van der Waals surface area contributed by atoms with Gasteiger partial charge in [0.25, 0.3) is 0 Å². The Balaban J connectivity index is 1.72. The Hall–Kier alpha value is -4.57. The van der Waals surface area contributed by atoms with Crippen molar-refractivity contribution in [3.05, 3.63) is 101 Å². The smallest absolute Gasteiger partial charge is 0.191 e. The van der Waals surface area contributed by atoms with Crippen LogP contribution in [0.15, 0.2) is 89.6 Å². The number of hydrogen-bond acceptors (Lipinski definition) is 6. The van der Waals surface area contributed by atoms with E-state index in [4.69, 9.17) is 10.5 Å². The molecule has 5 rings (SSSR count). The molecule has 1 aliphatic heterocycles. The van der Waals surface area contributed by atoms with E-state index in [0.29, 0.717) is 13.1 Å². The lowest BCUT2D eigenvalue weighted by Crippen LogP contribution is -2.47. The molecule has 2 aliphatic rings. The zero-order chi connectivity index (χ0) is 25.3. The molecule has 2 N–H and O–H groups in total. The molecular weight excluding hydrogens is 446 g/mol. The first-order valence-corrected chi connectivity index (χ1v) is 11.8. The van der Waals surface area contributed by atoms with E-state index in [1.54, 1.807) is 7.11 Å². The molecule has 6 nitrogen and oxygen atoms in total. The molecule has 2 atom stereocenters. The zero-order valence-corrected chi connectivity index (χ0v) is 20.0. The van der Waals surface area contributed by atoms with Gasteiger partial charge in [-0.1, -0.05) is 66.7 Å². The molecule has 0 fully saturated rings. The van der Waals surface area contributed by atoms with E-state index < -0.39 is 11.3 Å². The molecule has 0 amide bonds. The summed E-state index contributed by atoms with van der Waals surface area (Å²) in [5, 5.41) is 32.8. The van der Waals surface area contributed by atoms with Crippen LogP contribution in [-0.4, -0.2) is 25.1 Å². The summed E-state index contributed by atoms with van der Waals surface area (Å²) in [6, 6.07) is 28.6. The van der Waals surface area contributed by atoms with Crippen LogP contribution in [0.5, 0.6) is 5.75 Å². The predicted octanol–water partition coefficient (Wildman–Crippen LogP) is 4.77. The van der Waals surface area contributed by atoms with Gasteiger partial charge in [-0.25, -0.2) is 0 Å². The Kier molecular flexibility index (Phi) is 5.95. The van der Waals surface area contributed by atoms with Gasteiger partial charge in [0.2, 0.25) is 0 Å². The van der Waals surface area contributed by atoms with Crippen LogP contribution in [0.2, 0.25) is 0 Å². The second kappa shape index (κ2) is 9.23. The van der Waals surface area contributed by atoms with E-state index in [1.165, 1.54) is 5.56 Å². The molecule has 1 heterocycles. The number of nitriles is 3. The molecule has 0 saturated carbocycles. The number of fused-ring (bicyclic) bond motifs is 2. The molecule has 0 spiro atoms. The SMILES string of the molecule is COc1ccc([C@@H]2[C@@H]3CN(Cc4ccccc4)CC=C3C(C#N)=C(N)C2(C#N)C#N)c2ccccc12. The normalized spacial score (nSPS) is 21.0. The number of hydrogen-bond donors (Lipinski definition) is 1. The second-order valence-corrected chi connectivity index (χ2v) is 9.26. The Morgan fingerprint density at radius 3 is 2.33 bits per heavy atom. The number of allylic oxidation sites excluding steroid dienone is 2. The summed E-state index contributed by atoms with van der Waals surface area (Å²) < 4.78 is 5.59. The number of methoxy groups -OCH3 is 1. The highest BCUT2D eigenvalue weighted by atomic mass is 16.5. The summed E-state index contributed by atoms with van der Waals surface area (Å²) in [7, 11) is 1.63. The molecule has 0 saturated heterocycles. The highest BCUT2D eigenvalue weighted by Crippen LogP contribution is 2.55. The second-order valence-electron chi connectivity index (χ2n) is 9.26. The molecule has 3 aromatic rings. The molecule has 0 bridgehead atoms. The highest BCUT2D eigenvalue weighted by molar-refractivity contribution is 5.92. The van der Waals surface area contributed by atoms with Crippen molar-refractivity contribution in [2.24, 2.45) is 17.1 Å². The van der Waals surface area contributed by atoms with Crippen LogP contribution in [0, 0.1) is 45.3 Å². The molecule has 36 heavy (non-hydrogen) atoms. The van der Waals surface area contributed by atoms with Gasteiger partial charge in [0.15, 0.2) is 5.41 Å². The molecule has 176 valence electrons. The van der Waals surface area contributed by atoms with Crippen LogP contribution < -0.4 is 10.5 Å². The maximum Gasteiger partial charge on any atom is 0.191 e. The van der Waals surface area contributed by atoms with E-state index in [9.17, 15) is 15.8 Å². The number of benzene rings is 3. The van der Waals surface area contributed by atoms with Crippen molar-refractivity contribution in [1.82, 2.24) is 4.90 Å². The van der Waals surface area contributed by atoms with Crippen LogP contribution in [0.25, 0.3) is 10.8 Å². The van der Waals surface area contributed by atoms with Gasteiger partial charge in [-0.15, -0.1) is 0 Å². The topological polar surface area (TPSA) is 110 Å². The summed E-state index contributed by atoms with van der Waals surface area (Å²) in [6.45, 7) is 1.97. The first-order chi connectivity index (χ1) is 17.6. The largest absolute Gasteiger partial charge is 0.496 e.